The SMILES string of the molecule is COc1cc(CC2C(=O)C3(CS(=O)(=O)O)CCC2C3(C)C)c(O)c(C(C)(C)C)c1. The van der Waals surface area contributed by atoms with Crippen molar-refractivity contribution in [1.29, 1.82) is 0 Å². The van der Waals surface area contributed by atoms with Gasteiger partial charge in [0.25, 0.3) is 10.1 Å². The lowest BCUT2D eigenvalue weighted by Crippen LogP contribution is -2.43. The summed E-state index contributed by atoms with van der Waals surface area (Å²) in [7, 11) is -2.72. The summed E-state index contributed by atoms with van der Waals surface area (Å²) in [5.74, 6) is -0.265. The number of hydrogen-bond acceptors (Lipinski definition) is 5. The van der Waals surface area contributed by atoms with Gasteiger partial charge < -0.3 is 9.84 Å². The topological polar surface area (TPSA) is 101 Å². The number of carbonyl (C=O) groups is 1. The van der Waals surface area contributed by atoms with Crippen molar-refractivity contribution in [2.45, 2.75) is 59.3 Å². The molecule has 2 aliphatic rings. The number of Topliss-reactive ketones (excluding diaryl/α,β-unsaturated/α-hetero) is 1. The van der Waals surface area contributed by atoms with E-state index in [1.165, 1.54) is 0 Å². The Kier molecular flexibility index (Phi) is 5.11. The number of methoxy groups -OCH3 is 1. The molecule has 3 atom stereocenters. The van der Waals surface area contributed by atoms with E-state index in [1.807, 2.05) is 40.7 Å². The first kappa shape index (κ1) is 22.1. The molecule has 6 nitrogen and oxygen atoms in total. The molecule has 3 rings (SSSR count). The maximum Gasteiger partial charge on any atom is 0.265 e. The lowest BCUT2D eigenvalue weighted by atomic mass is 9.70. The van der Waals surface area contributed by atoms with E-state index in [-0.39, 0.29) is 22.9 Å². The van der Waals surface area contributed by atoms with Crippen LogP contribution in [0, 0.1) is 22.7 Å². The van der Waals surface area contributed by atoms with Gasteiger partial charge >= 0.3 is 0 Å². The van der Waals surface area contributed by atoms with Gasteiger partial charge in [0.05, 0.1) is 18.3 Å². The minimum absolute atomic E-state index is 0.000405. The van der Waals surface area contributed by atoms with E-state index in [9.17, 15) is 22.9 Å². The number of phenolic OH excluding ortho intramolecular Hbond substituents is 1. The molecule has 0 aliphatic heterocycles. The number of benzene rings is 1. The highest BCUT2D eigenvalue weighted by Gasteiger charge is 2.69. The van der Waals surface area contributed by atoms with Gasteiger partial charge in [0.2, 0.25) is 0 Å². The van der Waals surface area contributed by atoms with Crippen LogP contribution in [0.1, 0.15) is 58.6 Å². The zero-order chi connectivity index (χ0) is 22.0. The number of fused-ring (bicyclic) bond motifs is 2. The standard InChI is InChI=1S/C22H32O6S/c1-20(2,3)17-11-14(28-6)9-13(18(17)23)10-15-16-7-8-22(19(15)24,21(16,4)5)12-29(25,26)27/h9,11,15-16,23H,7-8,10,12H2,1-6H3,(H,25,26,27). The monoisotopic (exact) mass is 424 g/mol. The van der Waals surface area contributed by atoms with Crippen LogP contribution in [0.4, 0.5) is 0 Å². The van der Waals surface area contributed by atoms with E-state index in [4.69, 9.17) is 4.74 Å². The summed E-state index contributed by atoms with van der Waals surface area (Å²) in [6.45, 7) is 9.86. The lowest BCUT2D eigenvalue weighted by Gasteiger charge is -2.35. The lowest BCUT2D eigenvalue weighted by molar-refractivity contribution is -0.131. The van der Waals surface area contributed by atoms with Crippen LogP contribution in [0.3, 0.4) is 0 Å². The van der Waals surface area contributed by atoms with Gasteiger partial charge in [-0.15, -0.1) is 0 Å². The Morgan fingerprint density at radius 2 is 1.86 bits per heavy atom. The molecule has 1 aromatic rings. The van der Waals surface area contributed by atoms with Gasteiger partial charge in [0, 0.05) is 11.5 Å². The molecular formula is C22H32O6S. The van der Waals surface area contributed by atoms with Gasteiger partial charge in [-0.2, -0.15) is 8.42 Å². The Balaban J connectivity index is 2.04. The molecular weight excluding hydrogens is 392 g/mol. The van der Waals surface area contributed by atoms with Crippen LogP contribution in [0.15, 0.2) is 12.1 Å². The maximum atomic E-state index is 13.4. The minimum Gasteiger partial charge on any atom is -0.507 e. The quantitative estimate of drug-likeness (QED) is 0.698. The molecule has 0 aromatic heterocycles. The predicted molar refractivity (Wildman–Crippen MR) is 111 cm³/mol. The molecule has 2 saturated carbocycles. The van der Waals surface area contributed by atoms with Crippen LogP contribution in [-0.2, 0) is 26.7 Å². The first-order chi connectivity index (χ1) is 13.1. The summed E-state index contributed by atoms with van der Waals surface area (Å²) in [6, 6.07) is 3.57. The second-order valence-electron chi connectivity index (χ2n) is 10.3. The van der Waals surface area contributed by atoms with Crippen molar-refractivity contribution in [2.75, 3.05) is 12.9 Å². The van der Waals surface area contributed by atoms with Crippen molar-refractivity contribution >= 4 is 15.9 Å². The molecule has 2 N–H and O–H groups in total. The van der Waals surface area contributed by atoms with Crippen LogP contribution in [-0.4, -0.2) is 36.7 Å². The summed E-state index contributed by atoms with van der Waals surface area (Å²) in [4.78, 5) is 13.4. The molecule has 0 radical (unpaired) electrons. The zero-order valence-electron chi connectivity index (χ0n) is 18.1. The molecule has 3 unspecified atom stereocenters. The molecule has 1 aromatic carbocycles. The zero-order valence-corrected chi connectivity index (χ0v) is 18.9. The number of hydrogen-bond donors (Lipinski definition) is 2. The fourth-order valence-electron chi connectivity index (χ4n) is 5.75. The fourth-order valence-corrected chi connectivity index (χ4v) is 7.03. The van der Waals surface area contributed by atoms with E-state index < -0.39 is 32.6 Å². The van der Waals surface area contributed by atoms with E-state index in [2.05, 4.69) is 0 Å². The fraction of sp³-hybridized carbons (Fsp3) is 0.682. The van der Waals surface area contributed by atoms with Crippen molar-refractivity contribution in [3.8, 4) is 11.5 Å². The van der Waals surface area contributed by atoms with Crippen LogP contribution in [0.25, 0.3) is 0 Å². The molecule has 2 fully saturated rings. The smallest absolute Gasteiger partial charge is 0.265 e. The Labute approximate surface area is 173 Å². The first-order valence-electron chi connectivity index (χ1n) is 10.0. The normalized spacial score (nSPS) is 28.7. The van der Waals surface area contributed by atoms with Crippen molar-refractivity contribution in [3.63, 3.8) is 0 Å². The Morgan fingerprint density at radius 1 is 1.24 bits per heavy atom. The third kappa shape index (κ3) is 3.46. The highest BCUT2D eigenvalue weighted by atomic mass is 32.2. The molecule has 2 aliphatic carbocycles. The number of phenols is 1. The second-order valence-corrected chi connectivity index (χ2v) is 11.7. The third-order valence-electron chi connectivity index (χ3n) is 7.41. The highest BCUT2D eigenvalue weighted by Crippen LogP contribution is 2.67. The maximum absolute atomic E-state index is 13.4. The van der Waals surface area contributed by atoms with Crippen LogP contribution in [0.2, 0.25) is 0 Å². The van der Waals surface area contributed by atoms with Gasteiger partial charge in [-0.05, 0) is 53.7 Å². The number of aromatic hydroxyl groups is 1. The molecule has 0 amide bonds. The molecule has 0 heterocycles. The Bertz CT molecular complexity index is 941. The van der Waals surface area contributed by atoms with Gasteiger partial charge in [0.15, 0.2) is 0 Å². The van der Waals surface area contributed by atoms with Gasteiger partial charge in [-0.25, -0.2) is 0 Å². The van der Waals surface area contributed by atoms with Crippen molar-refractivity contribution in [1.82, 2.24) is 0 Å². The summed E-state index contributed by atoms with van der Waals surface area (Å²) in [5.41, 5.74) is -0.534. The van der Waals surface area contributed by atoms with Crippen molar-refractivity contribution in [3.05, 3.63) is 23.3 Å². The first-order valence-corrected chi connectivity index (χ1v) is 11.6. The van der Waals surface area contributed by atoms with Crippen LogP contribution in [0.5, 0.6) is 11.5 Å². The average molecular weight is 425 g/mol. The Morgan fingerprint density at radius 3 is 2.38 bits per heavy atom. The van der Waals surface area contributed by atoms with Gasteiger partial charge in [-0.1, -0.05) is 34.6 Å². The molecule has 162 valence electrons. The molecule has 2 bridgehead atoms. The molecule has 0 saturated heterocycles. The second kappa shape index (κ2) is 6.71. The van der Waals surface area contributed by atoms with E-state index in [0.29, 0.717) is 24.2 Å². The number of carbonyl (C=O) groups excluding carboxylic acids is 1. The summed E-state index contributed by atoms with van der Waals surface area (Å²) in [5, 5.41) is 10.9. The van der Waals surface area contributed by atoms with Crippen molar-refractivity contribution < 1.29 is 27.6 Å². The highest BCUT2D eigenvalue weighted by molar-refractivity contribution is 7.85. The van der Waals surface area contributed by atoms with E-state index in [0.717, 1.165) is 12.0 Å². The molecule has 7 heteroatoms. The third-order valence-corrected chi connectivity index (χ3v) is 8.27. The summed E-state index contributed by atoms with van der Waals surface area (Å²) < 4.78 is 38.4. The van der Waals surface area contributed by atoms with Crippen LogP contribution < -0.4 is 4.74 Å². The summed E-state index contributed by atoms with van der Waals surface area (Å²) >= 11 is 0. The Hall–Kier alpha value is -1.60. The minimum atomic E-state index is -4.29. The number of ketones is 1. The molecule has 0 spiro atoms. The number of rotatable bonds is 5. The number of ether oxygens (including phenoxy) is 1. The van der Waals surface area contributed by atoms with Gasteiger partial charge in [0.1, 0.15) is 17.3 Å². The van der Waals surface area contributed by atoms with Crippen LogP contribution >= 0.6 is 0 Å². The van der Waals surface area contributed by atoms with E-state index in [1.54, 1.807) is 13.2 Å². The van der Waals surface area contributed by atoms with Crippen molar-refractivity contribution in [2.24, 2.45) is 22.7 Å². The average Bonchev–Trinajstić information content (AvgIpc) is 2.88. The molecule has 29 heavy (non-hydrogen) atoms. The largest absolute Gasteiger partial charge is 0.507 e. The predicted octanol–water partition coefficient (Wildman–Crippen LogP) is 3.75. The van der Waals surface area contributed by atoms with Gasteiger partial charge in [-0.3, -0.25) is 9.35 Å². The van der Waals surface area contributed by atoms with E-state index >= 15 is 0 Å². The summed E-state index contributed by atoms with van der Waals surface area (Å²) in [6.07, 6.45) is 1.53.